The highest BCUT2D eigenvalue weighted by atomic mass is 32.2. The van der Waals surface area contributed by atoms with Gasteiger partial charge in [-0.25, -0.2) is 4.98 Å². The second kappa shape index (κ2) is 8.76. The number of pyridine rings is 1. The standard InChI is InChI=1S/C19H22N2O3S/c1-23-15-6-4-14(5-7-15)8-11-20-18(22)17-3-2-10-21-19(17)24-16-9-12-25-13-16/h2-7,10,16H,8-9,11-13H2,1H3,(H,20,22). The van der Waals surface area contributed by atoms with Crippen LogP contribution in [-0.2, 0) is 6.42 Å². The van der Waals surface area contributed by atoms with E-state index in [9.17, 15) is 4.79 Å². The summed E-state index contributed by atoms with van der Waals surface area (Å²) in [6.07, 6.45) is 3.56. The summed E-state index contributed by atoms with van der Waals surface area (Å²) in [5.74, 6) is 3.16. The molecule has 0 saturated carbocycles. The molecule has 132 valence electrons. The monoisotopic (exact) mass is 358 g/mol. The lowest BCUT2D eigenvalue weighted by atomic mass is 10.1. The van der Waals surface area contributed by atoms with E-state index < -0.39 is 0 Å². The van der Waals surface area contributed by atoms with E-state index in [1.54, 1.807) is 25.4 Å². The Kier molecular flexibility index (Phi) is 6.17. The van der Waals surface area contributed by atoms with E-state index in [1.165, 1.54) is 0 Å². The highest BCUT2D eigenvalue weighted by Crippen LogP contribution is 2.24. The molecule has 2 heterocycles. The molecule has 3 rings (SSSR count). The zero-order valence-electron chi connectivity index (χ0n) is 14.2. The number of rotatable bonds is 7. The largest absolute Gasteiger partial charge is 0.497 e. The van der Waals surface area contributed by atoms with Crippen LogP contribution in [-0.4, -0.2) is 42.2 Å². The van der Waals surface area contributed by atoms with E-state index in [-0.39, 0.29) is 12.0 Å². The smallest absolute Gasteiger partial charge is 0.256 e. The fourth-order valence-electron chi connectivity index (χ4n) is 2.63. The molecule has 1 aromatic heterocycles. The summed E-state index contributed by atoms with van der Waals surface area (Å²) in [5.41, 5.74) is 1.64. The molecule has 0 aliphatic carbocycles. The predicted octanol–water partition coefficient (Wildman–Crippen LogP) is 2.95. The number of hydrogen-bond acceptors (Lipinski definition) is 5. The second-order valence-corrected chi connectivity index (χ2v) is 6.96. The zero-order valence-corrected chi connectivity index (χ0v) is 15.1. The van der Waals surface area contributed by atoms with Gasteiger partial charge in [0.1, 0.15) is 17.4 Å². The molecule has 1 N–H and O–H groups in total. The van der Waals surface area contributed by atoms with E-state index in [4.69, 9.17) is 9.47 Å². The van der Waals surface area contributed by atoms with E-state index in [2.05, 4.69) is 10.3 Å². The van der Waals surface area contributed by atoms with Gasteiger partial charge in [0.25, 0.3) is 5.91 Å². The Morgan fingerprint density at radius 3 is 2.88 bits per heavy atom. The van der Waals surface area contributed by atoms with Crippen LogP contribution in [0.5, 0.6) is 11.6 Å². The van der Waals surface area contributed by atoms with E-state index in [0.29, 0.717) is 18.0 Å². The van der Waals surface area contributed by atoms with Crippen LogP contribution >= 0.6 is 11.8 Å². The SMILES string of the molecule is COc1ccc(CCNC(=O)c2cccnc2OC2CCSC2)cc1. The topological polar surface area (TPSA) is 60.5 Å². The lowest BCUT2D eigenvalue weighted by molar-refractivity contribution is 0.0946. The Morgan fingerprint density at radius 2 is 2.16 bits per heavy atom. The summed E-state index contributed by atoms with van der Waals surface area (Å²) >= 11 is 1.87. The molecular formula is C19H22N2O3S. The van der Waals surface area contributed by atoms with Crippen molar-refractivity contribution in [3.05, 3.63) is 53.7 Å². The van der Waals surface area contributed by atoms with Crippen LogP contribution in [0.2, 0.25) is 0 Å². The van der Waals surface area contributed by atoms with Gasteiger partial charge in [0, 0.05) is 18.5 Å². The maximum Gasteiger partial charge on any atom is 0.256 e. The minimum atomic E-state index is -0.151. The Morgan fingerprint density at radius 1 is 1.32 bits per heavy atom. The van der Waals surface area contributed by atoms with Crippen molar-refractivity contribution in [2.75, 3.05) is 25.2 Å². The molecule has 1 aliphatic rings. The number of amides is 1. The van der Waals surface area contributed by atoms with E-state index in [1.807, 2.05) is 36.0 Å². The lowest BCUT2D eigenvalue weighted by Gasteiger charge is -2.14. The highest BCUT2D eigenvalue weighted by molar-refractivity contribution is 7.99. The summed E-state index contributed by atoms with van der Waals surface area (Å²) in [6.45, 7) is 0.554. The average molecular weight is 358 g/mol. The van der Waals surface area contributed by atoms with Crippen LogP contribution in [0.4, 0.5) is 0 Å². The van der Waals surface area contributed by atoms with E-state index >= 15 is 0 Å². The third-order valence-electron chi connectivity index (χ3n) is 4.04. The number of thioether (sulfide) groups is 1. The molecule has 2 aromatic rings. The second-order valence-electron chi connectivity index (χ2n) is 5.81. The number of ether oxygens (including phenoxy) is 2. The van der Waals surface area contributed by atoms with Gasteiger partial charge in [0.2, 0.25) is 5.88 Å². The van der Waals surface area contributed by atoms with Crippen molar-refractivity contribution >= 4 is 17.7 Å². The Hall–Kier alpha value is -2.21. The molecule has 1 amide bonds. The zero-order chi connectivity index (χ0) is 17.5. The van der Waals surface area contributed by atoms with Gasteiger partial charge in [-0.2, -0.15) is 11.8 Å². The third-order valence-corrected chi connectivity index (χ3v) is 5.17. The highest BCUT2D eigenvalue weighted by Gasteiger charge is 2.21. The van der Waals surface area contributed by atoms with Crippen LogP contribution in [0.15, 0.2) is 42.6 Å². The lowest BCUT2D eigenvalue weighted by Crippen LogP contribution is -2.27. The van der Waals surface area contributed by atoms with Gasteiger partial charge in [-0.15, -0.1) is 0 Å². The van der Waals surface area contributed by atoms with Crippen molar-refractivity contribution in [1.29, 1.82) is 0 Å². The Balaban J connectivity index is 1.55. The molecule has 1 unspecified atom stereocenters. The van der Waals surface area contributed by atoms with Crippen molar-refractivity contribution in [1.82, 2.24) is 10.3 Å². The molecule has 0 radical (unpaired) electrons. The van der Waals surface area contributed by atoms with Gasteiger partial charge in [0.15, 0.2) is 0 Å². The van der Waals surface area contributed by atoms with Crippen LogP contribution in [0.3, 0.4) is 0 Å². The van der Waals surface area contributed by atoms with Crippen molar-refractivity contribution in [3.8, 4) is 11.6 Å². The quantitative estimate of drug-likeness (QED) is 0.825. The maximum atomic E-state index is 12.5. The molecule has 0 spiro atoms. The number of aromatic nitrogens is 1. The number of carbonyl (C=O) groups is 1. The first-order valence-corrected chi connectivity index (χ1v) is 9.52. The van der Waals surface area contributed by atoms with Gasteiger partial charge in [0.05, 0.1) is 7.11 Å². The first-order chi connectivity index (χ1) is 12.3. The summed E-state index contributed by atoms with van der Waals surface area (Å²) in [6, 6.07) is 11.4. The van der Waals surface area contributed by atoms with Crippen molar-refractivity contribution < 1.29 is 14.3 Å². The molecular weight excluding hydrogens is 336 g/mol. The molecule has 1 saturated heterocycles. The summed E-state index contributed by atoms with van der Waals surface area (Å²) < 4.78 is 11.1. The summed E-state index contributed by atoms with van der Waals surface area (Å²) in [4.78, 5) is 16.7. The molecule has 1 atom stereocenters. The predicted molar refractivity (Wildman–Crippen MR) is 99.6 cm³/mol. The number of hydrogen-bond donors (Lipinski definition) is 1. The number of nitrogens with one attached hydrogen (secondary N) is 1. The van der Waals surface area contributed by atoms with Gasteiger partial charge in [-0.05, 0) is 48.4 Å². The van der Waals surface area contributed by atoms with Crippen LogP contribution in [0.25, 0.3) is 0 Å². The Labute approximate surface area is 152 Å². The fourth-order valence-corrected chi connectivity index (χ4v) is 3.72. The number of methoxy groups -OCH3 is 1. The van der Waals surface area contributed by atoms with E-state index in [0.717, 1.165) is 35.7 Å². The molecule has 1 aromatic carbocycles. The molecule has 1 fully saturated rings. The Bertz CT molecular complexity index is 700. The van der Waals surface area contributed by atoms with Crippen molar-refractivity contribution in [3.63, 3.8) is 0 Å². The van der Waals surface area contributed by atoms with Crippen molar-refractivity contribution in [2.45, 2.75) is 18.9 Å². The fraction of sp³-hybridized carbons (Fsp3) is 0.368. The van der Waals surface area contributed by atoms with Crippen LogP contribution < -0.4 is 14.8 Å². The molecule has 1 aliphatic heterocycles. The molecule has 0 bridgehead atoms. The van der Waals surface area contributed by atoms with Gasteiger partial charge in [-0.1, -0.05) is 12.1 Å². The number of benzene rings is 1. The van der Waals surface area contributed by atoms with Gasteiger partial charge < -0.3 is 14.8 Å². The minimum absolute atomic E-state index is 0.144. The molecule has 5 nitrogen and oxygen atoms in total. The third kappa shape index (κ3) is 4.89. The molecule has 6 heteroatoms. The van der Waals surface area contributed by atoms with Crippen LogP contribution in [0.1, 0.15) is 22.3 Å². The van der Waals surface area contributed by atoms with Gasteiger partial charge >= 0.3 is 0 Å². The minimum Gasteiger partial charge on any atom is -0.497 e. The first kappa shape index (κ1) is 17.6. The van der Waals surface area contributed by atoms with Gasteiger partial charge in [-0.3, -0.25) is 4.79 Å². The number of nitrogens with zero attached hydrogens (tertiary/aromatic N) is 1. The number of carbonyl (C=O) groups excluding carboxylic acids is 1. The summed E-state index contributed by atoms with van der Waals surface area (Å²) in [7, 11) is 1.65. The normalized spacial score (nSPS) is 16.4. The summed E-state index contributed by atoms with van der Waals surface area (Å²) in [5, 5.41) is 2.95. The molecule has 25 heavy (non-hydrogen) atoms. The maximum absolute atomic E-state index is 12.5. The van der Waals surface area contributed by atoms with Crippen molar-refractivity contribution in [2.24, 2.45) is 0 Å². The first-order valence-electron chi connectivity index (χ1n) is 8.37. The average Bonchev–Trinajstić information content (AvgIpc) is 3.16. The van der Waals surface area contributed by atoms with Crippen LogP contribution in [0, 0.1) is 0 Å².